The molecule has 0 aliphatic carbocycles. The molecule has 0 spiro atoms. The second kappa shape index (κ2) is 6.40. The maximum absolute atomic E-state index is 11.6. The lowest BCUT2D eigenvalue weighted by atomic mass is 10.0. The smallest absolute Gasteiger partial charge is 0.221 e. The van der Waals surface area contributed by atoms with Crippen molar-refractivity contribution in [1.82, 2.24) is 5.32 Å². The number of rotatable bonds is 5. The van der Waals surface area contributed by atoms with Crippen LogP contribution in [0.25, 0.3) is 0 Å². The molecule has 3 N–H and O–H groups in total. The topological polar surface area (TPSA) is 55.1 Å². The number of amides is 1. The predicted octanol–water partition coefficient (Wildman–Crippen LogP) is 1.98. The van der Waals surface area contributed by atoms with Crippen LogP contribution >= 0.6 is 0 Å². The summed E-state index contributed by atoms with van der Waals surface area (Å²) < 4.78 is 0. The highest BCUT2D eigenvalue weighted by molar-refractivity contribution is 5.76. The first-order chi connectivity index (χ1) is 7.99. The number of nitrogens with one attached hydrogen (secondary N) is 1. The van der Waals surface area contributed by atoms with Crippen molar-refractivity contribution in [1.29, 1.82) is 0 Å². The fraction of sp³-hybridized carbons (Fsp3) is 0.500. The SMILES string of the molecule is Cc1ccc(CNC(=O)CC(N)C(C)C)cc1. The van der Waals surface area contributed by atoms with Gasteiger partial charge in [0.1, 0.15) is 0 Å². The summed E-state index contributed by atoms with van der Waals surface area (Å²) >= 11 is 0. The zero-order chi connectivity index (χ0) is 12.8. The molecule has 0 aliphatic rings. The van der Waals surface area contributed by atoms with Gasteiger partial charge in [-0.25, -0.2) is 0 Å². The lowest BCUT2D eigenvalue weighted by Crippen LogP contribution is -2.34. The number of hydrogen-bond donors (Lipinski definition) is 2. The van der Waals surface area contributed by atoms with Crippen molar-refractivity contribution >= 4 is 5.91 Å². The lowest BCUT2D eigenvalue weighted by Gasteiger charge is -2.15. The molecule has 1 atom stereocenters. The second-order valence-corrected chi connectivity index (χ2v) is 4.87. The van der Waals surface area contributed by atoms with Crippen molar-refractivity contribution in [3.8, 4) is 0 Å². The van der Waals surface area contributed by atoms with Gasteiger partial charge in [-0.05, 0) is 18.4 Å². The van der Waals surface area contributed by atoms with Crippen molar-refractivity contribution in [3.05, 3.63) is 35.4 Å². The van der Waals surface area contributed by atoms with E-state index in [1.165, 1.54) is 5.56 Å². The van der Waals surface area contributed by atoms with E-state index in [-0.39, 0.29) is 11.9 Å². The Morgan fingerprint density at radius 2 is 1.88 bits per heavy atom. The molecule has 0 fully saturated rings. The molecule has 1 aromatic carbocycles. The summed E-state index contributed by atoms with van der Waals surface area (Å²) in [7, 11) is 0. The molecular weight excluding hydrogens is 212 g/mol. The highest BCUT2D eigenvalue weighted by Crippen LogP contribution is 2.04. The molecule has 3 nitrogen and oxygen atoms in total. The molecule has 17 heavy (non-hydrogen) atoms. The summed E-state index contributed by atoms with van der Waals surface area (Å²) in [6, 6.07) is 8.08. The summed E-state index contributed by atoms with van der Waals surface area (Å²) in [5, 5.41) is 2.89. The van der Waals surface area contributed by atoms with Crippen LogP contribution < -0.4 is 11.1 Å². The Balaban J connectivity index is 2.35. The molecule has 94 valence electrons. The molecule has 1 aromatic rings. The quantitative estimate of drug-likeness (QED) is 0.818. The van der Waals surface area contributed by atoms with Gasteiger partial charge in [0.25, 0.3) is 0 Å². The third kappa shape index (κ3) is 5.00. The van der Waals surface area contributed by atoms with E-state index in [4.69, 9.17) is 5.73 Å². The Morgan fingerprint density at radius 1 is 1.29 bits per heavy atom. The fourth-order valence-electron chi connectivity index (χ4n) is 1.43. The monoisotopic (exact) mass is 234 g/mol. The highest BCUT2D eigenvalue weighted by Gasteiger charge is 2.12. The molecule has 1 rings (SSSR count). The fourth-order valence-corrected chi connectivity index (χ4v) is 1.43. The van der Waals surface area contributed by atoms with E-state index >= 15 is 0 Å². The van der Waals surface area contributed by atoms with Gasteiger partial charge in [0.15, 0.2) is 0 Å². The highest BCUT2D eigenvalue weighted by atomic mass is 16.1. The molecule has 0 saturated carbocycles. The average molecular weight is 234 g/mol. The van der Waals surface area contributed by atoms with Crippen molar-refractivity contribution < 1.29 is 4.79 Å². The van der Waals surface area contributed by atoms with Crippen LogP contribution in [-0.2, 0) is 11.3 Å². The van der Waals surface area contributed by atoms with Crippen LogP contribution in [0.3, 0.4) is 0 Å². The molecule has 0 aromatic heterocycles. The van der Waals surface area contributed by atoms with Crippen LogP contribution in [0.4, 0.5) is 0 Å². The van der Waals surface area contributed by atoms with Crippen molar-refractivity contribution in [2.24, 2.45) is 11.7 Å². The first kappa shape index (κ1) is 13.7. The molecule has 0 radical (unpaired) electrons. The second-order valence-electron chi connectivity index (χ2n) is 4.87. The van der Waals surface area contributed by atoms with Crippen LogP contribution in [-0.4, -0.2) is 11.9 Å². The number of benzene rings is 1. The van der Waals surface area contributed by atoms with Gasteiger partial charge < -0.3 is 11.1 Å². The van der Waals surface area contributed by atoms with Crippen LogP contribution in [0.2, 0.25) is 0 Å². The van der Waals surface area contributed by atoms with Gasteiger partial charge in [-0.2, -0.15) is 0 Å². The lowest BCUT2D eigenvalue weighted by molar-refractivity contribution is -0.121. The zero-order valence-corrected chi connectivity index (χ0v) is 10.9. The average Bonchev–Trinajstić information content (AvgIpc) is 2.28. The Hall–Kier alpha value is -1.35. The minimum atomic E-state index is -0.0620. The predicted molar refractivity (Wildman–Crippen MR) is 70.5 cm³/mol. The van der Waals surface area contributed by atoms with Crippen LogP contribution in [0, 0.1) is 12.8 Å². The van der Waals surface area contributed by atoms with Gasteiger partial charge in [-0.15, -0.1) is 0 Å². The number of carbonyl (C=O) groups excluding carboxylic acids is 1. The van der Waals surface area contributed by atoms with Crippen LogP contribution in [0.5, 0.6) is 0 Å². The van der Waals surface area contributed by atoms with Gasteiger partial charge in [0.05, 0.1) is 0 Å². The van der Waals surface area contributed by atoms with Gasteiger partial charge in [-0.1, -0.05) is 43.7 Å². The third-order valence-electron chi connectivity index (χ3n) is 2.89. The molecule has 0 heterocycles. The standard InChI is InChI=1S/C14H22N2O/c1-10(2)13(15)8-14(17)16-9-12-6-4-11(3)5-7-12/h4-7,10,13H,8-9,15H2,1-3H3,(H,16,17). The van der Waals surface area contributed by atoms with Gasteiger partial charge in [0.2, 0.25) is 5.91 Å². The van der Waals surface area contributed by atoms with Crippen LogP contribution in [0.15, 0.2) is 24.3 Å². The Labute approximate surface area is 103 Å². The number of hydrogen-bond acceptors (Lipinski definition) is 2. The summed E-state index contributed by atoms with van der Waals surface area (Å²) in [4.78, 5) is 11.6. The first-order valence-corrected chi connectivity index (χ1v) is 6.07. The minimum Gasteiger partial charge on any atom is -0.352 e. The zero-order valence-electron chi connectivity index (χ0n) is 10.9. The molecular formula is C14H22N2O. The van der Waals surface area contributed by atoms with Crippen molar-refractivity contribution in [2.45, 2.75) is 39.8 Å². The van der Waals surface area contributed by atoms with E-state index in [1.807, 2.05) is 45.0 Å². The summed E-state index contributed by atoms with van der Waals surface area (Å²) in [5.41, 5.74) is 8.18. The minimum absolute atomic E-state index is 0.0202. The first-order valence-electron chi connectivity index (χ1n) is 6.07. The number of aryl methyl sites for hydroxylation is 1. The Morgan fingerprint density at radius 3 is 2.41 bits per heavy atom. The summed E-state index contributed by atoms with van der Waals surface area (Å²) in [6.07, 6.45) is 0.392. The van der Waals surface area contributed by atoms with Crippen LogP contribution in [0.1, 0.15) is 31.4 Å². The Kier molecular flexibility index (Phi) is 5.16. The maximum atomic E-state index is 11.6. The van der Waals surface area contributed by atoms with E-state index in [1.54, 1.807) is 0 Å². The molecule has 0 aliphatic heterocycles. The maximum Gasteiger partial charge on any atom is 0.221 e. The van der Waals surface area contributed by atoms with E-state index < -0.39 is 0 Å². The summed E-state index contributed by atoms with van der Waals surface area (Å²) in [6.45, 7) is 6.67. The van der Waals surface area contributed by atoms with Crippen molar-refractivity contribution in [3.63, 3.8) is 0 Å². The van der Waals surface area contributed by atoms with E-state index in [9.17, 15) is 4.79 Å². The normalized spacial score (nSPS) is 12.5. The molecule has 1 unspecified atom stereocenters. The third-order valence-corrected chi connectivity index (χ3v) is 2.89. The summed E-state index contributed by atoms with van der Waals surface area (Å²) in [5.74, 6) is 0.354. The molecule has 1 amide bonds. The largest absolute Gasteiger partial charge is 0.352 e. The molecule has 0 bridgehead atoms. The van der Waals surface area contributed by atoms with E-state index in [0.29, 0.717) is 18.9 Å². The molecule has 3 heteroatoms. The number of carbonyl (C=O) groups is 1. The van der Waals surface area contributed by atoms with Gasteiger partial charge >= 0.3 is 0 Å². The van der Waals surface area contributed by atoms with Gasteiger partial charge in [-0.3, -0.25) is 4.79 Å². The van der Waals surface area contributed by atoms with E-state index in [2.05, 4.69) is 5.32 Å². The Bertz CT molecular complexity index is 357. The van der Waals surface area contributed by atoms with Gasteiger partial charge in [0, 0.05) is 19.0 Å². The molecule has 0 saturated heterocycles. The number of nitrogens with two attached hydrogens (primary N) is 1. The van der Waals surface area contributed by atoms with E-state index in [0.717, 1.165) is 5.56 Å². The van der Waals surface area contributed by atoms with Crippen molar-refractivity contribution in [2.75, 3.05) is 0 Å².